The summed E-state index contributed by atoms with van der Waals surface area (Å²) < 4.78 is 5.06. The Labute approximate surface area is 122 Å². The smallest absolute Gasteiger partial charge is 0.321 e. The molecule has 0 saturated carbocycles. The molecule has 0 radical (unpaired) electrons. The highest BCUT2D eigenvalue weighted by Crippen LogP contribution is 2.01. The molecular weight excluding hydrogens is 274 g/mol. The molecule has 2 rings (SSSR count). The van der Waals surface area contributed by atoms with Crippen LogP contribution < -0.4 is 16.0 Å². The molecule has 0 aliphatic carbocycles. The van der Waals surface area contributed by atoms with Gasteiger partial charge in [-0.3, -0.25) is 15.0 Å². The molecule has 0 aromatic carbocycles. The maximum absolute atomic E-state index is 11.8. The highest BCUT2D eigenvalue weighted by Gasteiger charge is 2.24. The number of hydrogen-bond acceptors (Lipinski definition) is 6. The van der Waals surface area contributed by atoms with E-state index in [1.165, 1.54) is 6.26 Å². The molecule has 1 aromatic heterocycles. The fraction of sp³-hybridized carbons (Fsp3) is 0.462. The van der Waals surface area contributed by atoms with Crippen molar-refractivity contribution in [3.63, 3.8) is 0 Å². The van der Waals surface area contributed by atoms with Gasteiger partial charge in [-0.05, 0) is 12.1 Å². The lowest BCUT2D eigenvalue weighted by Crippen LogP contribution is -2.54. The Morgan fingerprint density at radius 1 is 1.57 bits per heavy atom. The summed E-state index contributed by atoms with van der Waals surface area (Å²) in [6, 6.07) is 4.63. The summed E-state index contributed by atoms with van der Waals surface area (Å²) in [7, 11) is 0. The first-order valence-electron chi connectivity index (χ1n) is 6.63. The Hall–Kier alpha value is -2.37. The third-order valence-corrected chi connectivity index (χ3v) is 3.11. The summed E-state index contributed by atoms with van der Waals surface area (Å²) in [5, 5.41) is 16.8. The number of urea groups is 1. The quantitative estimate of drug-likeness (QED) is 0.683. The molecule has 2 heterocycles. The van der Waals surface area contributed by atoms with E-state index in [2.05, 4.69) is 22.0 Å². The second-order valence-electron chi connectivity index (χ2n) is 4.63. The fourth-order valence-corrected chi connectivity index (χ4v) is 2.04. The standard InChI is InChI=1S/C13H17N5O3/c14-6-10-7-15-3-4-18(10)9-12(19)17-13(20)16-8-11-2-1-5-21-11/h1-2,5,10,15H,3-4,7-9H2,(H2,16,17,19,20). The lowest BCUT2D eigenvalue weighted by molar-refractivity contribution is -0.121. The van der Waals surface area contributed by atoms with E-state index < -0.39 is 11.9 Å². The number of nitrogens with one attached hydrogen (secondary N) is 3. The van der Waals surface area contributed by atoms with Gasteiger partial charge in [0.1, 0.15) is 11.8 Å². The van der Waals surface area contributed by atoms with E-state index in [0.29, 0.717) is 18.8 Å². The van der Waals surface area contributed by atoms with Crippen molar-refractivity contribution < 1.29 is 14.0 Å². The number of carbonyl (C=O) groups excluding carboxylic acids is 2. The fourth-order valence-electron chi connectivity index (χ4n) is 2.04. The van der Waals surface area contributed by atoms with Gasteiger partial charge in [0.25, 0.3) is 0 Å². The number of nitriles is 1. The van der Waals surface area contributed by atoms with Gasteiger partial charge < -0.3 is 15.1 Å². The first kappa shape index (κ1) is 15.0. The van der Waals surface area contributed by atoms with E-state index in [1.54, 1.807) is 17.0 Å². The molecule has 8 heteroatoms. The molecule has 1 aliphatic heterocycles. The predicted molar refractivity (Wildman–Crippen MR) is 72.9 cm³/mol. The van der Waals surface area contributed by atoms with Gasteiger partial charge in [-0.15, -0.1) is 0 Å². The van der Waals surface area contributed by atoms with E-state index in [4.69, 9.17) is 9.68 Å². The predicted octanol–water partition coefficient (Wildman–Crippen LogP) is -0.597. The molecule has 3 amide bonds. The van der Waals surface area contributed by atoms with Gasteiger partial charge in [-0.1, -0.05) is 0 Å². The van der Waals surface area contributed by atoms with Crippen LogP contribution in [-0.4, -0.2) is 49.1 Å². The highest BCUT2D eigenvalue weighted by molar-refractivity contribution is 5.95. The maximum atomic E-state index is 11.8. The van der Waals surface area contributed by atoms with Crippen LogP contribution >= 0.6 is 0 Å². The third-order valence-electron chi connectivity index (χ3n) is 3.11. The Balaban J connectivity index is 1.73. The molecule has 1 saturated heterocycles. The van der Waals surface area contributed by atoms with E-state index in [9.17, 15) is 9.59 Å². The first-order valence-corrected chi connectivity index (χ1v) is 6.63. The monoisotopic (exact) mass is 291 g/mol. The summed E-state index contributed by atoms with van der Waals surface area (Å²) in [5.41, 5.74) is 0. The SMILES string of the molecule is N#CC1CNCCN1CC(=O)NC(=O)NCc1ccco1. The van der Waals surface area contributed by atoms with Gasteiger partial charge in [0.15, 0.2) is 0 Å². The Morgan fingerprint density at radius 2 is 2.43 bits per heavy atom. The minimum absolute atomic E-state index is 0.0219. The molecule has 1 aromatic rings. The molecule has 3 N–H and O–H groups in total. The van der Waals surface area contributed by atoms with Crippen LogP contribution in [0, 0.1) is 11.3 Å². The summed E-state index contributed by atoms with van der Waals surface area (Å²) in [4.78, 5) is 25.1. The molecule has 112 valence electrons. The number of piperazine rings is 1. The van der Waals surface area contributed by atoms with Crippen molar-refractivity contribution in [3.8, 4) is 6.07 Å². The number of carbonyl (C=O) groups is 2. The Kier molecular flexibility index (Phi) is 5.31. The van der Waals surface area contributed by atoms with Crippen molar-refractivity contribution in [1.29, 1.82) is 5.26 Å². The van der Waals surface area contributed by atoms with Gasteiger partial charge in [-0.2, -0.15) is 5.26 Å². The summed E-state index contributed by atoms with van der Waals surface area (Å²) in [5.74, 6) is 0.165. The average Bonchev–Trinajstić information content (AvgIpc) is 2.99. The van der Waals surface area contributed by atoms with Crippen LogP contribution in [0.4, 0.5) is 4.79 Å². The van der Waals surface area contributed by atoms with Gasteiger partial charge in [0.05, 0.1) is 25.4 Å². The van der Waals surface area contributed by atoms with Crippen LogP contribution in [0.3, 0.4) is 0 Å². The zero-order valence-electron chi connectivity index (χ0n) is 11.5. The summed E-state index contributed by atoms with van der Waals surface area (Å²) in [6.07, 6.45) is 1.51. The number of amides is 3. The number of furan rings is 1. The van der Waals surface area contributed by atoms with E-state index in [-0.39, 0.29) is 19.1 Å². The van der Waals surface area contributed by atoms with Crippen molar-refractivity contribution in [3.05, 3.63) is 24.2 Å². The number of hydrogen-bond donors (Lipinski definition) is 3. The number of rotatable bonds is 4. The van der Waals surface area contributed by atoms with E-state index in [1.807, 2.05) is 0 Å². The molecule has 1 atom stereocenters. The van der Waals surface area contributed by atoms with E-state index in [0.717, 1.165) is 6.54 Å². The normalized spacial score (nSPS) is 18.7. The minimum atomic E-state index is -0.583. The number of imide groups is 1. The zero-order chi connectivity index (χ0) is 15.1. The van der Waals surface area contributed by atoms with Gasteiger partial charge >= 0.3 is 6.03 Å². The minimum Gasteiger partial charge on any atom is -0.467 e. The molecule has 1 aliphatic rings. The largest absolute Gasteiger partial charge is 0.467 e. The maximum Gasteiger partial charge on any atom is 0.321 e. The lowest BCUT2D eigenvalue weighted by Gasteiger charge is -2.30. The van der Waals surface area contributed by atoms with Crippen molar-refractivity contribution in [2.24, 2.45) is 0 Å². The Morgan fingerprint density at radius 3 is 3.14 bits per heavy atom. The van der Waals surface area contributed by atoms with Gasteiger partial charge in [0, 0.05) is 19.6 Å². The van der Waals surface area contributed by atoms with Crippen molar-refractivity contribution >= 4 is 11.9 Å². The summed E-state index contributed by atoms with van der Waals surface area (Å²) >= 11 is 0. The van der Waals surface area contributed by atoms with Crippen LogP contribution in [0.5, 0.6) is 0 Å². The zero-order valence-corrected chi connectivity index (χ0v) is 11.5. The molecule has 21 heavy (non-hydrogen) atoms. The van der Waals surface area contributed by atoms with Crippen LogP contribution in [0.25, 0.3) is 0 Å². The molecule has 0 bridgehead atoms. The second kappa shape index (κ2) is 7.42. The van der Waals surface area contributed by atoms with Crippen LogP contribution in [0.2, 0.25) is 0 Å². The summed E-state index contributed by atoms with van der Waals surface area (Å²) in [6.45, 7) is 2.07. The van der Waals surface area contributed by atoms with Crippen molar-refractivity contribution in [2.45, 2.75) is 12.6 Å². The van der Waals surface area contributed by atoms with Crippen LogP contribution in [-0.2, 0) is 11.3 Å². The lowest BCUT2D eigenvalue weighted by atomic mass is 10.2. The molecule has 1 unspecified atom stereocenters. The van der Waals surface area contributed by atoms with Crippen molar-refractivity contribution in [1.82, 2.24) is 20.9 Å². The van der Waals surface area contributed by atoms with Gasteiger partial charge in [-0.25, -0.2) is 4.79 Å². The third kappa shape index (κ3) is 4.59. The average molecular weight is 291 g/mol. The molecule has 1 fully saturated rings. The van der Waals surface area contributed by atoms with Crippen LogP contribution in [0.15, 0.2) is 22.8 Å². The number of nitrogens with zero attached hydrogens (tertiary/aromatic N) is 2. The van der Waals surface area contributed by atoms with Crippen LogP contribution in [0.1, 0.15) is 5.76 Å². The highest BCUT2D eigenvalue weighted by atomic mass is 16.3. The molecular formula is C13H17N5O3. The van der Waals surface area contributed by atoms with E-state index >= 15 is 0 Å². The first-order chi connectivity index (χ1) is 10.2. The van der Waals surface area contributed by atoms with Crippen molar-refractivity contribution in [2.75, 3.05) is 26.2 Å². The molecule has 8 nitrogen and oxygen atoms in total. The Bertz CT molecular complexity index is 522. The molecule has 0 spiro atoms. The second-order valence-corrected chi connectivity index (χ2v) is 4.63. The topological polar surface area (TPSA) is 110 Å². The van der Waals surface area contributed by atoms with Gasteiger partial charge in [0.2, 0.25) is 5.91 Å².